The number of ether oxygens (including phenoxy) is 3. The van der Waals surface area contributed by atoms with Gasteiger partial charge in [0.1, 0.15) is 11.6 Å². The van der Waals surface area contributed by atoms with Gasteiger partial charge in [0.15, 0.2) is 11.5 Å². The number of hydrogen-bond acceptors (Lipinski definition) is 8. The number of thiazole rings is 1. The van der Waals surface area contributed by atoms with Gasteiger partial charge >= 0.3 is 5.97 Å². The monoisotopic (exact) mass is 472 g/mol. The fourth-order valence-electron chi connectivity index (χ4n) is 2.69. The second-order valence-electron chi connectivity index (χ2n) is 6.34. The number of esters is 1. The van der Waals surface area contributed by atoms with E-state index in [1.54, 1.807) is 25.7 Å². The molecule has 0 unspecified atom stereocenters. The molecule has 0 spiro atoms. The molecule has 8 nitrogen and oxygen atoms in total. The minimum atomic E-state index is -3.72. The van der Waals surface area contributed by atoms with Crippen LogP contribution in [0.5, 0.6) is 11.5 Å². The Morgan fingerprint density at radius 3 is 2.50 bits per heavy atom. The molecule has 32 heavy (non-hydrogen) atoms. The third kappa shape index (κ3) is 5.45. The van der Waals surface area contributed by atoms with E-state index in [9.17, 15) is 13.2 Å². The molecule has 2 aromatic carbocycles. The van der Waals surface area contributed by atoms with Crippen molar-refractivity contribution >= 4 is 27.3 Å². The van der Waals surface area contributed by atoms with Crippen LogP contribution >= 0.6 is 11.3 Å². The lowest BCUT2D eigenvalue weighted by molar-refractivity contribution is 0.0468. The molecule has 0 amide bonds. The molecule has 3 rings (SSSR count). The molecule has 0 atom stereocenters. The molecule has 0 aliphatic rings. The molecule has 1 N–H and O–H groups in total. The number of carbonyl (C=O) groups is 1. The molecule has 1 aromatic heterocycles. The Labute approximate surface area is 190 Å². The number of terminal acetylenes is 1. The van der Waals surface area contributed by atoms with Crippen molar-refractivity contribution < 1.29 is 27.4 Å². The zero-order chi connectivity index (χ0) is 23.1. The summed E-state index contributed by atoms with van der Waals surface area (Å²) in [5.74, 6) is 2.81. The highest BCUT2D eigenvalue weighted by molar-refractivity contribution is 7.89. The van der Waals surface area contributed by atoms with E-state index in [0.29, 0.717) is 17.2 Å². The smallest absolute Gasteiger partial charge is 0.338 e. The lowest BCUT2D eigenvalue weighted by Crippen LogP contribution is -2.23. The molecule has 0 saturated heterocycles. The van der Waals surface area contributed by atoms with Crippen molar-refractivity contribution in [2.24, 2.45) is 0 Å². The van der Waals surface area contributed by atoms with Gasteiger partial charge in [0.2, 0.25) is 10.0 Å². The van der Waals surface area contributed by atoms with E-state index in [1.807, 2.05) is 12.1 Å². The van der Waals surface area contributed by atoms with Crippen LogP contribution in [0.25, 0.3) is 10.6 Å². The number of nitrogens with zero attached hydrogens (tertiary/aromatic N) is 1. The second kappa shape index (κ2) is 10.3. The van der Waals surface area contributed by atoms with Crippen LogP contribution in [0.1, 0.15) is 16.1 Å². The lowest BCUT2D eigenvalue weighted by atomic mass is 10.2. The van der Waals surface area contributed by atoms with Gasteiger partial charge in [-0.3, -0.25) is 0 Å². The van der Waals surface area contributed by atoms with Gasteiger partial charge in [-0.05, 0) is 42.5 Å². The van der Waals surface area contributed by atoms with Crippen molar-refractivity contribution in [3.05, 3.63) is 59.1 Å². The molecule has 0 aliphatic carbocycles. The van der Waals surface area contributed by atoms with Crippen LogP contribution in [0.2, 0.25) is 0 Å². The first-order chi connectivity index (χ1) is 15.4. The molecule has 0 saturated carbocycles. The number of hydrogen-bond donors (Lipinski definition) is 1. The molecule has 0 bridgehead atoms. The van der Waals surface area contributed by atoms with Crippen LogP contribution in [0.15, 0.2) is 52.7 Å². The van der Waals surface area contributed by atoms with Gasteiger partial charge in [0.05, 0.1) is 36.9 Å². The van der Waals surface area contributed by atoms with Crippen LogP contribution in [0, 0.1) is 12.3 Å². The maximum Gasteiger partial charge on any atom is 0.338 e. The van der Waals surface area contributed by atoms with E-state index in [2.05, 4.69) is 15.6 Å². The summed E-state index contributed by atoms with van der Waals surface area (Å²) in [5.41, 5.74) is 1.66. The fourth-order valence-corrected chi connectivity index (χ4v) is 4.42. The quantitative estimate of drug-likeness (QED) is 0.377. The summed E-state index contributed by atoms with van der Waals surface area (Å²) in [7, 11) is -0.598. The Kier molecular flexibility index (Phi) is 7.48. The van der Waals surface area contributed by atoms with Crippen molar-refractivity contribution in [3.8, 4) is 34.4 Å². The van der Waals surface area contributed by atoms with Crippen molar-refractivity contribution in [1.82, 2.24) is 9.71 Å². The molecule has 0 aliphatic heterocycles. The topological polar surface area (TPSA) is 104 Å². The predicted octanol–water partition coefficient (Wildman–Crippen LogP) is 3.10. The maximum atomic E-state index is 12.3. The summed E-state index contributed by atoms with van der Waals surface area (Å²) in [4.78, 5) is 16.8. The Bertz CT molecular complexity index is 1240. The molecule has 166 valence electrons. The summed E-state index contributed by atoms with van der Waals surface area (Å²) in [6.07, 6.45) is 5.07. The summed E-state index contributed by atoms with van der Waals surface area (Å²) < 4.78 is 42.2. The van der Waals surface area contributed by atoms with E-state index >= 15 is 0 Å². The van der Waals surface area contributed by atoms with E-state index in [0.717, 1.165) is 10.6 Å². The summed E-state index contributed by atoms with van der Waals surface area (Å²) in [6.45, 7) is -0.141. The highest BCUT2D eigenvalue weighted by Crippen LogP contribution is 2.33. The van der Waals surface area contributed by atoms with Gasteiger partial charge in [-0.1, -0.05) is 5.92 Å². The van der Waals surface area contributed by atoms with Gasteiger partial charge < -0.3 is 14.2 Å². The summed E-state index contributed by atoms with van der Waals surface area (Å²) in [5, 5.41) is 2.54. The van der Waals surface area contributed by atoms with Crippen LogP contribution in [0.3, 0.4) is 0 Å². The van der Waals surface area contributed by atoms with Crippen LogP contribution < -0.4 is 14.2 Å². The second-order valence-corrected chi connectivity index (χ2v) is 8.97. The Morgan fingerprint density at radius 1 is 1.12 bits per heavy atom. The van der Waals surface area contributed by atoms with Crippen molar-refractivity contribution in [3.63, 3.8) is 0 Å². The minimum Gasteiger partial charge on any atom is -0.493 e. The van der Waals surface area contributed by atoms with Gasteiger partial charge in [0.25, 0.3) is 0 Å². The average Bonchev–Trinajstić information content (AvgIpc) is 3.30. The Morgan fingerprint density at radius 2 is 1.84 bits per heavy atom. The van der Waals surface area contributed by atoms with E-state index in [1.165, 1.54) is 35.6 Å². The number of carbonyl (C=O) groups excluding carboxylic acids is 1. The highest BCUT2D eigenvalue weighted by atomic mass is 32.2. The first-order valence-corrected chi connectivity index (χ1v) is 11.6. The number of benzene rings is 2. The van der Waals surface area contributed by atoms with Crippen molar-refractivity contribution in [2.45, 2.75) is 11.5 Å². The summed E-state index contributed by atoms with van der Waals surface area (Å²) in [6, 6.07) is 10.9. The van der Waals surface area contributed by atoms with E-state index in [-0.39, 0.29) is 23.6 Å². The number of methoxy groups -OCH3 is 2. The molecule has 0 radical (unpaired) electrons. The summed E-state index contributed by atoms with van der Waals surface area (Å²) >= 11 is 1.41. The van der Waals surface area contributed by atoms with E-state index < -0.39 is 16.0 Å². The first kappa shape index (κ1) is 23.3. The number of rotatable bonds is 9. The molecule has 1 heterocycles. The minimum absolute atomic E-state index is 0.00311. The average molecular weight is 473 g/mol. The molecular weight excluding hydrogens is 452 g/mol. The molecule has 3 aromatic rings. The zero-order valence-corrected chi connectivity index (χ0v) is 19.0. The van der Waals surface area contributed by atoms with Crippen LogP contribution in [0.4, 0.5) is 0 Å². The fraction of sp³-hybridized carbons (Fsp3) is 0.182. The van der Waals surface area contributed by atoms with Crippen molar-refractivity contribution in [1.29, 1.82) is 0 Å². The van der Waals surface area contributed by atoms with Gasteiger partial charge in [-0.25, -0.2) is 18.2 Å². The largest absolute Gasteiger partial charge is 0.493 e. The number of aromatic nitrogens is 1. The van der Waals surface area contributed by atoms with Crippen LogP contribution in [-0.2, 0) is 21.4 Å². The lowest BCUT2D eigenvalue weighted by Gasteiger charge is -2.08. The zero-order valence-electron chi connectivity index (χ0n) is 17.3. The molecular formula is C22H20N2O6S2. The van der Waals surface area contributed by atoms with Gasteiger partial charge in [-0.2, -0.15) is 4.72 Å². The third-order valence-electron chi connectivity index (χ3n) is 4.30. The van der Waals surface area contributed by atoms with Gasteiger partial charge in [0, 0.05) is 10.9 Å². The predicted molar refractivity (Wildman–Crippen MR) is 120 cm³/mol. The molecule has 0 fully saturated rings. The van der Waals surface area contributed by atoms with Crippen LogP contribution in [-0.4, -0.2) is 40.1 Å². The van der Waals surface area contributed by atoms with E-state index in [4.69, 9.17) is 20.6 Å². The van der Waals surface area contributed by atoms with Crippen molar-refractivity contribution in [2.75, 3.05) is 20.8 Å². The first-order valence-electron chi connectivity index (χ1n) is 9.25. The number of nitrogens with one attached hydrogen (secondary N) is 1. The van der Waals surface area contributed by atoms with Gasteiger partial charge in [-0.15, -0.1) is 17.8 Å². The molecule has 10 heteroatoms. The standard InChI is InChI=1S/C22H20N2O6S2/c1-4-11-23-32(26,27)18-8-5-15(6-9-18)22(25)30-13-17-14-31-21(24-17)16-7-10-19(28-2)20(12-16)29-3/h1,5-10,12,14,23H,11,13H2,2-3H3. The Balaban J connectivity index is 1.64. The Hall–Kier alpha value is -3.39. The SMILES string of the molecule is C#CCNS(=O)(=O)c1ccc(C(=O)OCc2csc(-c3ccc(OC)c(OC)c3)n2)cc1. The maximum absolute atomic E-state index is 12.3. The number of sulfonamides is 1. The third-order valence-corrected chi connectivity index (χ3v) is 6.66. The highest BCUT2D eigenvalue weighted by Gasteiger charge is 2.15. The normalized spacial score (nSPS) is 10.9.